The van der Waals surface area contributed by atoms with Gasteiger partial charge in [0.1, 0.15) is 11.9 Å². The summed E-state index contributed by atoms with van der Waals surface area (Å²) in [7, 11) is 2.03. The van der Waals surface area contributed by atoms with Gasteiger partial charge in [-0.25, -0.2) is 4.98 Å². The van der Waals surface area contributed by atoms with Crippen molar-refractivity contribution < 1.29 is 0 Å². The van der Waals surface area contributed by atoms with Crippen LogP contribution in [0, 0.1) is 0 Å². The van der Waals surface area contributed by atoms with E-state index in [1.54, 1.807) is 0 Å². The van der Waals surface area contributed by atoms with E-state index in [0.717, 1.165) is 31.8 Å². The monoisotopic (exact) mass is 261 g/mol. The van der Waals surface area contributed by atoms with Crippen molar-refractivity contribution in [1.29, 1.82) is 0 Å². The van der Waals surface area contributed by atoms with Crippen LogP contribution in [-0.4, -0.2) is 25.9 Å². The number of rotatable bonds is 7. The van der Waals surface area contributed by atoms with Crippen LogP contribution in [0.4, 0.5) is 0 Å². The topological polar surface area (TPSA) is 47.7 Å². The van der Waals surface area contributed by atoms with Crippen LogP contribution in [0.25, 0.3) is 0 Å². The summed E-state index contributed by atoms with van der Waals surface area (Å²) in [5, 5.41) is 7.98. The lowest BCUT2D eigenvalue weighted by Gasteiger charge is -2.19. The Kier molecular flexibility index (Phi) is 4.74. The van der Waals surface area contributed by atoms with Crippen LogP contribution in [0.5, 0.6) is 0 Å². The Hall–Kier alpha value is -1.62. The summed E-state index contributed by atoms with van der Waals surface area (Å²) in [5.74, 6) is 1.03. The molecule has 0 fully saturated rings. The van der Waals surface area contributed by atoms with Crippen molar-refractivity contribution in [1.82, 2.24) is 24.6 Å². The average Bonchev–Trinajstić information content (AvgIpc) is 3.01. The lowest BCUT2D eigenvalue weighted by atomic mass is 10.2. The zero-order chi connectivity index (χ0) is 13.7. The third-order valence-corrected chi connectivity index (χ3v) is 3.20. The number of nitrogens with one attached hydrogen (secondary N) is 1. The third-order valence-electron chi connectivity index (χ3n) is 3.20. The van der Waals surface area contributed by atoms with E-state index < -0.39 is 0 Å². The number of aryl methyl sites for hydroxylation is 2. The van der Waals surface area contributed by atoms with Crippen molar-refractivity contribution in [2.45, 2.75) is 39.3 Å². The normalized spacial score (nSPS) is 12.8. The molecule has 5 heteroatoms. The van der Waals surface area contributed by atoms with Crippen LogP contribution in [0.3, 0.4) is 0 Å². The van der Waals surface area contributed by atoms with E-state index in [1.165, 1.54) is 5.69 Å². The molecule has 104 valence electrons. The summed E-state index contributed by atoms with van der Waals surface area (Å²) < 4.78 is 4.14. The highest BCUT2D eigenvalue weighted by Crippen LogP contribution is 2.20. The molecule has 0 aromatic carbocycles. The lowest BCUT2D eigenvalue weighted by Crippen LogP contribution is -2.28. The van der Waals surface area contributed by atoms with Gasteiger partial charge in [0.25, 0.3) is 0 Å². The minimum absolute atomic E-state index is 0.106. The predicted octanol–water partition coefficient (Wildman–Crippen LogP) is 2.12. The fraction of sp³-hybridized carbons (Fsp3) is 0.571. The molecule has 1 unspecified atom stereocenters. The molecule has 19 heavy (non-hydrogen) atoms. The Balaban J connectivity index is 2.31. The van der Waals surface area contributed by atoms with Crippen molar-refractivity contribution in [3.63, 3.8) is 0 Å². The van der Waals surface area contributed by atoms with Gasteiger partial charge in [-0.3, -0.25) is 4.68 Å². The fourth-order valence-electron chi connectivity index (χ4n) is 2.26. The van der Waals surface area contributed by atoms with Gasteiger partial charge in [0.05, 0.1) is 5.69 Å². The number of hydrogen-bond donors (Lipinski definition) is 1. The second-order valence-corrected chi connectivity index (χ2v) is 4.76. The standard InChI is InChI=1S/C14H23N5/c1-4-7-15-13(14-16-9-11-18(14)3)12-6-8-17-19(12)10-5-2/h6,8-9,11,13,15H,4-5,7,10H2,1-3H3. The van der Waals surface area contributed by atoms with Gasteiger partial charge < -0.3 is 9.88 Å². The first-order chi connectivity index (χ1) is 9.27. The molecule has 1 N–H and O–H groups in total. The van der Waals surface area contributed by atoms with Crippen molar-refractivity contribution >= 4 is 0 Å². The lowest BCUT2D eigenvalue weighted by molar-refractivity contribution is 0.490. The molecule has 2 aromatic heterocycles. The molecular weight excluding hydrogens is 238 g/mol. The second-order valence-electron chi connectivity index (χ2n) is 4.76. The van der Waals surface area contributed by atoms with Crippen molar-refractivity contribution in [3.05, 3.63) is 36.2 Å². The van der Waals surface area contributed by atoms with Crippen molar-refractivity contribution in [2.24, 2.45) is 7.05 Å². The maximum Gasteiger partial charge on any atom is 0.131 e. The number of nitrogens with zero attached hydrogens (tertiary/aromatic N) is 4. The van der Waals surface area contributed by atoms with Gasteiger partial charge in [-0.05, 0) is 25.5 Å². The second kappa shape index (κ2) is 6.52. The third kappa shape index (κ3) is 3.04. The van der Waals surface area contributed by atoms with Crippen LogP contribution in [0.15, 0.2) is 24.7 Å². The summed E-state index contributed by atoms with van der Waals surface area (Å²) in [6, 6.07) is 2.19. The molecule has 0 aliphatic heterocycles. The predicted molar refractivity (Wildman–Crippen MR) is 75.9 cm³/mol. The highest BCUT2D eigenvalue weighted by Gasteiger charge is 2.20. The van der Waals surface area contributed by atoms with Gasteiger partial charge in [-0.1, -0.05) is 13.8 Å². The fourth-order valence-corrected chi connectivity index (χ4v) is 2.26. The maximum absolute atomic E-state index is 4.49. The van der Waals surface area contributed by atoms with E-state index in [0.29, 0.717) is 0 Å². The highest BCUT2D eigenvalue weighted by molar-refractivity contribution is 5.17. The molecule has 0 aliphatic carbocycles. The first kappa shape index (κ1) is 13.8. The van der Waals surface area contributed by atoms with E-state index in [9.17, 15) is 0 Å². The summed E-state index contributed by atoms with van der Waals surface area (Å²) in [5.41, 5.74) is 1.18. The molecule has 2 rings (SSSR count). The molecule has 0 aliphatic rings. The molecule has 2 heterocycles. The molecular formula is C14H23N5. The Bertz CT molecular complexity index is 499. The molecule has 2 aromatic rings. The largest absolute Gasteiger partial charge is 0.336 e. The molecule has 0 amide bonds. The Morgan fingerprint density at radius 1 is 1.26 bits per heavy atom. The SMILES string of the molecule is CCCNC(c1nccn1C)c1ccnn1CCC. The van der Waals surface area contributed by atoms with E-state index in [1.807, 2.05) is 25.6 Å². The summed E-state index contributed by atoms with van der Waals surface area (Å²) in [4.78, 5) is 4.49. The Morgan fingerprint density at radius 2 is 2.11 bits per heavy atom. The number of aromatic nitrogens is 4. The molecule has 5 nitrogen and oxygen atoms in total. The van der Waals surface area contributed by atoms with E-state index in [4.69, 9.17) is 0 Å². The molecule has 0 bridgehead atoms. The molecule has 1 atom stereocenters. The van der Waals surface area contributed by atoms with Gasteiger partial charge in [-0.2, -0.15) is 5.10 Å². The Labute approximate surface area is 114 Å². The maximum atomic E-state index is 4.49. The van der Waals surface area contributed by atoms with Crippen LogP contribution < -0.4 is 5.32 Å². The van der Waals surface area contributed by atoms with Gasteiger partial charge in [0.15, 0.2) is 0 Å². The minimum atomic E-state index is 0.106. The minimum Gasteiger partial charge on any atom is -0.336 e. The van der Waals surface area contributed by atoms with Crippen LogP contribution >= 0.6 is 0 Å². The van der Waals surface area contributed by atoms with Crippen molar-refractivity contribution in [2.75, 3.05) is 6.54 Å². The number of hydrogen-bond acceptors (Lipinski definition) is 3. The van der Waals surface area contributed by atoms with E-state index >= 15 is 0 Å². The van der Waals surface area contributed by atoms with Crippen LogP contribution in [0.2, 0.25) is 0 Å². The summed E-state index contributed by atoms with van der Waals surface area (Å²) in [6.07, 6.45) is 7.88. The molecule has 0 saturated heterocycles. The first-order valence-electron chi connectivity index (χ1n) is 7.00. The van der Waals surface area contributed by atoms with Crippen LogP contribution in [-0.2, 0) is 13.6 Å². The summed E-state index contributed by atoms with van der Waals surface area (Å²) >= 11 is 0. The number of imidazole rings is 1. The van der Waals surface area contributed by atoms with Crippen LogP contribution in [0.1, 0.15) is 44.2 Å². The quantitative estimate of drug-likeness (QED) is 0.830. The molecule has 0 saturated carbocycles. The van der Waals surface area contributed by atoms with Crippen molar-refractivity contribution in [3.8, 4) is 0 Å². The first-order valence-corrected chi connectivity index (χ1v) is 7.00. The highest BCUT2D eigenvalue weighted by atomic mass is 15.3. The smallest absolute Gasteiger partial charge is 0.131 e. The average molecular weight is 261 g/mol. The molecule has 0 radical (unpaired) electrons. The van der Waals surface area contributed by atoms with Gasteiger partial charge >= 0.3 is 0 Å². The zero-order valence-electron chi connectivity index (χ0n) is 12.0. The van der Waals surface area contributed by atoms with E-state index in [2.05, 4.69) is 44.6 Å². The Morgan fingerprint density at radius 3 is 2.74 bits per heavy atom. The van der Waals surface area contributed by atoms with Gasteiger partial charge in [0, 0.05) is 32.2 Å². The molecule has 0 spiro atoms. The zero-order valence-corrected chi connectivity index (χ0v) is 12.0. The van der Waals surface area contributed by atoms with E-state index in [-0.39, 0.29) is 6.04 Å². The summed E-state index contributed by atoms with van der Waals surface area (Å²) in [6.45, 7) is 6.25. The van der Waals surface area contributed by atoms with Gasteiger partial charge in [0.2, 0.25) is 0 Å². The van der Waals surface area contributed by atoms with Gasteiger partial charge in [-0.15, -0.1) is 0 Å².